The van der Waals surface area contributed by atoms with Gasteiger partial charge in [-0.2, -0.15) is 10.5 Å². The summed E-state index contributed by atoms with van der Waals surface area (Å²) in [5.41, 5.74) is 9.22. The van der Waals surface area contributed by atoms with Crippen LogP contribution in [0.2, 0.25) is 0 Å². The second-order valence-corrected chi connectivity index (χ2v) is 10.3. The Morgan fingerprint density at radius 1 is 0.595 bits per heavy atom. The molecule has 1 aromatic heterocycles. The Labute approximate surface area is 244 Å². The molecule has 4 heteroatoms. The molecule has 1 N–H and O–H groups in total. The lowest BCUT2D eigenvalue weighted by Crippen LogP contribution is -2.22. The van der Waals surface area contributed by atoms with E-state index in [1.807, 2.05) is 24.4 Å². The zero-order chi connectivity index (χ0) is 28.5. The molecular formula is C38H24N4. The third-order valence-corrected chi connectivity index (χ3v) is 7.80. The zero-order valence-electron chi connectivity index (χ0n) is 22.6. The van der Waals surface area contributed by atoms with Crippen molar-refractivity contribution in [1.29, 1.82) is 10.5 Å². The van der Waals surface area contributed by atoms with Gasteiger partial charge in [-0.15, -0.1) is 0 Å². The van der Waals surface area contributed by atoms with E-state index in [0.29, 0.717) is 5.69 Å². The fraction of sp³-hybridized carbons (Fsp3) is 0.0263. The number of aromatic nitrogens is 1. The minimum atomic E-state index is -0.302. The highest BCUT2D eigenvalue weighted by Crippen LogP contribution is 2.44. The monoisotopic (exact) mass is 536 g/mol. The van der Waals surface area contributed by atoms with Gasteiger partial charge in [0.05, 0.1) is 6.07 Å². The number of allylic oxidation sites excluding steroid dienone is 2. The first kappa shape index (κ1) is 25.0. The van der Waals surface area contributed by atoms with Crippen LogP contribution in [0, 0.1) is 22.7 Å². The van der Waals surface area contributed by atoms with Crippen LogP contribution in [0.25, 0.3) is 60.5 Å². The van der Waals surface area contributed by atoms with Crippen LogP contribution in [0.3, 0.4) is 0 Å². The maximum absolute atomic E-state index is 9.23. The lowest BCUT2D eigenvalue weighted by molar-refractivity contribution is 0.844. The lowest BCUT2D eigenvalue weighted by atomic mass is 9.85. The van der Waals surface area contributed by atoms with E-state index in [0.717, 1.165) is 33.4 Å². The third-order valence-electron chi connectivity index (χ3n) is 7.80. The van der Waals surface area contributed by atoms with Crippen molar-refractivity contribution in [2.45, 2.75) is 6.04 Å². The van der Waals surface area contributed by atoms with Crippen LogP contribution < -0.4 is 5.32 Å². The number of nitriles is 2. The van der Waals surface area contributed by atoms with Crippen LogP contribution in [0.4, 0.5) is 0 Å². The summed E-state index contributed by atoms with van der Waals surface area (Å²) in [6.07, 6.45) is 7.59. The average molecular weight is 537 g/mol. The topological polar surface area (TPSA) is 72.5 Å². The molecular weight excluding hydrogens is 512 g/mol. The van der Waals surface area contributed by atoms with E-state index in [4.69, 9.17) is 5.26 Å². The molecule has 0 bridgehead atoms. The Morgan fingerprint density at radius 2 is 1.17 bits per heavy atom. The van der Waals surface area contributed by atoms with E-state index in [2.05, 4.69) is 120 Å². The molecule has 196 valence electrons. The van der Waals surface area contributed by atoms with E-state index < -0.39 is 0 Å². The number of rotatable bonds is 4. The summed E-state index contributed by atoms with van der Waals surface area (Å²) in [6.45, 7) is 0. The lowest BCUT2D eigenvalue weighted by Gasteiger charge is -2.19. The van der Waals surface area contributed by atoms with Crippen molar-refractivity contribution in [2.24, 2.45) is 0 Å². The van der Waals surface area contributed by atoms with Crippen LogP contribution in [0.1, 0.15) is 11.3 Å². The highest BCUT2D eigenvalue weighted by Gasteiger charge is 2.17. The molecule has 0 saturated heterocycles. The standard InChI is InChI=1S/C38H24N4/c39-21-31-17-15-29(23-41-31)25-7-5-9-27(19-25)37-33-11-1-2-12-34(33)38(36-14-4-3-13-35(36)37)28-10-6-8-26(20-28)30-16-18-32(22-40)42-24-30/h1-20,23-24,31,41H. The smallest absolute Gasteiger partial charge is 0.140 e. The zero-order valence-corrected chi connectivity index (χ0v) is 22.6. The van der Waals surface area contributed by atoms with Crippen LogP contribution in [0.5, 0.6) is 0 Å². The van der Waals surface area contributed by atoms with E-state index in [9.17, 15) is 5.26 Å². The van der Waals surface area contributed by atoms with Gasteiger partial charge in [-0.05, 0) is 90.8 Å². The number of nitrogens with zero attached hydrogens (tertiary/aromatic N) is 3. The summed E-state index contributed by atoms with van der Waals surface area (Å²) in [6, 6.07) is 42.1. The predicted molar refractivity (Wildman–Crippen MR) is 170 cm³/mol. The molecule has 0 aliphatic carbocycles. The van der Waals surface area contributed by atoms with Crippen molar-refractivity contribution in [2.75, 3.05) is 0 Å². The molecule has 0 spiro atoms. The van der Waals surface area contributed by atoms with E-state index >= 15 is 0 Å². The third kappa shape index (κ3) is 4.38. The maximum atomic E-state index is 9.23. The largest absolute Gasteiger partial charge is 0.372 e. The molecule has 1 aliphatic heterocycles. The maximum Gasteiger partial charge on any atom is 0.140 e. The van der Waals surface area contributed by atoms with Crippen molar-refractivity contribution >= 4 is 27.1 Å². The number of pyridine rings is 1. The van der Waals surface area contributed by atoms with Gasteiger partial charge in [0.15, 0.2) is 0 Å². The predicted octanol–water partition coefficient (Wildman–Crippen LogP) is 8.65. The molecule has 1 atom stereocenters. The van der Waals surface area contributed by atoms with Crippen molar-refractivity contribution in [1.82, 2.24) is 10.3 Å². The number of hydrogen-bond acceptors (Lipinski definition) is 4. The van der Waals surface area contributed by atoms with Crippen LogP contribution in [-0.2, 0) is 0 Å². The second-order valence-electron chi connectivity index (χ2n) is 10.3. The van der Waals surface area contributed by atoms with Crippen molar-refractivity contribution in [3.05, 3.63) is 145 Å². The van der Waals surface area contributed by atoms with Gasteiger partial charge in [0, 0.05) is 18.0 Å². The van der Waals surface area contributed by atoms with Crippen molar-refractivity contribution < 1.29 is 0 Å². The number of fused-ring (bicyclic) bond motifs is 2. The Hall–Kier alpha value is -5.97. The van der Waals surface area contributed by atoms with Crippen molar-refractivity contribution in [3.63, 3.8) is 0 Å². The van der Waals surface area contributed by atoms with Gasteiger partial charge in [0.25, 0.3) is 0 Å². The van der Waals surface area contributed by atoms with Crippen LogP contribution in [-0.4, -0.2) is 11.0 Å². The quantitative estimate of drug-likeness (QED) is 0.229. The molecule has 5 aromatic carbocycles. The molecule has 42 heavy (non-hydrogen) atoms. The molecule has 1 unspecified atom stereocenters. The molecule has 6 aromatic rings. The number of dihydropyridines is 1. The van der Waals surface area contributed by atoms with Gasteiger partial charge in [-0.1, -0.05) is 91.0 Å². The van der Waals surface area contributed by atoms with E-state index in [-0.39, 0.29) is 6.04 Å². The molecule has 1 aliphatic rings. The van der Waals surface area contributed by atoms with Crippen LogP contribution >= 0.6 is 0 Å². The number of hydrogen-bond donors (Lipinski definition) is 1. The number of benzene rings is 5. The van der Waals surface area contributed by atoms with Crippen LogP contribution in [0.15, 0.2) is 134 Å². The normalized spacial score (nSPS) is 14.1. The van der Waals surface area contributed by atoms with Gasteiger partial charge < -0.3 is 5.32 Å². The van der Waals surface area contributed by atoms with Gasteiger partial charge in [-0.3, -0.25) is 0 Å². The fourth-order valence-corrected chi connectivity index (χ4v) is 5.83. The highest BCUT2D eigenvalue weighted by atomic mass is 14.9. The first-order chi connectivity index (χ1) is 20.7. The minimum Gasteiger partial charge on any atom is -0.372 e. The van der Waals surface area contributed by atoms with Crippen molar-refractivity contribution in [3.8, 4) is 45.5 Å². The number of nitrogens with one attached hydrogen (secondary N) is 1. The van der Waals surface area contributed by atoms with Gasteiger partial charge >= 0.3 is 0 Å². The molecule has 0 fully saturated rings. The first-order valence-corrected chi connectivity index (χ1v) is 13.8. The Bertz CT molecular complexity index is 2080. The summed E-state index contributed by atoms with van der Waals surface area (Å²) in [5.74, 6) is 0. The first-order valence-electron chi connectivity index (χ1n) is 13.8. The Balaban J connectivity index is 1.43. The molecule has 0 saturated carbocycles. The SMILES string of the molecule is N#Cc1ccc(-c2cccc(-c3c4ccccc4c(-c4cccc(C5=CNC(C#N)C=C5)c4)c4ccccc34)c2)cn1. The summed E-state index contributed by atoms with van der Waals surface area (Å²) in [5, 5.41) is 26.3. The Morgan fingerprint density at radius 3 is 1.67 bits per heavy atom. The average Bonchev–Trinajstić information content (AvgIpc) is 3.07. The van der Waals surface area contributed by atoms with Gasteiger partial charge in [0.1, 0.15) is 17.8 Å². The Kier molecular flexibility index (Phi) is 6.28. The molecule has 4 nitrogen and oxygen atoms in total. The second kappa shape index (κ2) is 10.5. The molecule has 0 radical (unpaired) electrons. The fourth-order valence-electron chi connectivity index (χ4n) is 5.83. The minimum absolute atomic E-state index is 0.302. The summed E-state index contributed by atoms with van der Waals surface area (Å²) >= 11 is 0. The molecule has 2 heterocycles. The molecule has 0 amide bonds. The van der Waals surface area contributed by atoms with E-state index in [1.54, 1.807) is 12.3 Å². The summed E-state index contributed by atoms with van der Waals surface area (Å²) in [4.78, 5) is 4.28. The summed E-state index contributed by atoms with van der Waals surface area (Å²) < 4.78 is 0. The summed E-state index contributed by atoms with van der Waals surface area (Å²) in [7, 11) is 0. The molecule has 7 rings (SSSR count). The van der Waals surface area contributed by atoms with E-state index in [1.165, 1.54) is 32.7 Å². The van der Waals surface area contributed by atoms with Gasteiger partial charge in [-0.25, -0.2) is 4.98 Å². The van der Waals surface area contributed by atoms with Gasteiger partial charge in [0.2, 0.25) is 0 Å². The highest BCUT2D eigenvalue weighted by molar-refractivity contribution is 6.21.